The average molecular weight is 250 g/mol. The summed E-state index contributed by atoms with van der Waals surface area (Å²) < 4.78 is 2.01. The van der Waals surface area contributed by atoms with Crippen LogP contribution in [0, 0.1) is 0 Å². The maximum atomic E-state index is 12.3. The van der Waals surface area contributed by atoms with Gasteiger partial charge in [-0.05, 0) is 13.3 Å². The van der Waals surface area contributed by atoms with Gasteiger partial charge in [0.2, 0.25) is 5.91 Å². The van der Waals surface area contributed by atoms with Crippen LogP contribution in [0.5, 0.6) is 0 Å². The predicted octanol–water partition coefficient (Wildman–Crippen LogP) is 1.89. The minimum absolute atomic E-state index is 0.0906. The fraction of sp³-hybridized carbons (Fsp3) is 0.769. The van der Waals surface area contributed by atoms with Crippen molar-refractivity contribution in [3.63, 3.8) is 0 Å². The molecule has 0 N–H and O–H groups in total. The van der Waals surface area contributed by atoms with Crippen molar-refractivity contribution in [2.45, 2.75) is 59.0 Å². The van der Waals surface area contributed by atoms with Crippen molar-refractivity contribution < 1.29 is 4.79 Å². The van der Waals surface area contributed by atoms with E-state index in [0.717, 1.165) is 24.6 Å². The van der Waals surface area contributed by atoms with Gasteiger partial charge < -0.3 is 9.47 Å². The van der Waals surface area contributed by atoms with Gasteiger partial charge in [0.1, 0.15) is 11.9 Å². The lowest BCUT2D eigenvalue weighted by Gasteiger charge is -2.33. The normalized spacial score (nSPS) is 20.2. The van der Waals surface area contributed by atoms with Crippen LogP contribution >= 0.6 is 0 Å². The third kappa shape index (κ3) is 2.02. The molecule has 1 aliphatic heterocycles. The summed E-state index contributed by atoms with van der Waals surface area (Å²) in [5, 5.41) is 8.54. The molecule has 0 bridgehead atoms. The lowest BCUT2D eigenvalue weighted by Crippen LogP contribution is -2.43. The highest BCUT2D eigenvalue weighted by atomic mass is 16.2. The van der Waals surface area contributed by atoms with Crippen LogP contribution in [0.1, 0.15) is 58.7 Å². The van der Waals surface area contributed by atoms with Crippen molar-refractivity contribution in [3.8, 4) is 0 Å². The van der Waals surface area contributed by atoms with Gasteiger partial charge in [-0.25, -0.2) is 0 Å². The second-order valence-electron chi connectivity index (χ2n) is 6.00. The third-order valence-corrected chi connectivity index (χ3v) is 3.32. The predicted molar refractivity (Wildman–Crippen MR) is 69.1 cm³/mol. The molecule has 1 amide bonds. The van der Waals surface area contributed by atoms with Crippen molar-refractivity contribution in [2.75, 3.05) is 6.54 Å². The van der Waals surface area contributed by atoms with Crippen molar-refractivity contribution >= 4 is 5.91 Å². The van der Waals surface area contributed by atoms with Gasteiger partial charge in [-0.1, -0.05) is 27.7 Å². The van der Waals surface area contributed by atoms with E-state index in [4.69, 9.17) is 0 Å². The Morgan fingerprint density at radius 1 is 1.33 bits per heavy atom. The fourth-order valence-electron chi connectivity index (χ4n) is 2.43. The van der Waals surface area contributed by atoms with Crippen molar-refractivity contribution in [1.82, 2.24) is 19.7 Å². The number of fused-ring (bicyclic) bond motifs is 1. The van der Waals surface area contributed by atoms with Crippen LogP contribution in [-0.4, -0.2) is 32.1 Å². The van der Waals surface area contributed by atoms with Gasteiger partial charge in [-0.15, -0.1) is 10.2 Å². The molecule has 2 rings (SSSR count). The van der Waals surface area contributed by atoms with Crippen LogP contribution in [0.25, 0.3) is 0 Å². The van der Waals surface area contributed by atoms with Crippen molar-refractivity contribution in [3.05, 3.63) is 11.6 Å². The summed E-state index contributed by atoms with van der Waals surface area (Å²) in [6, 6.07) is -0.190. The highest BCUT2D eigenvalue weighted by Crippen LogP contribution is 2.29. The van der Waals surface area contributed by atoms with Crippen LogP contribution < -0.4 is 0 Å². The van der Waals surface area contributed by atoms with Gasteiger partial charge in [-0.2, -0.15) is 0 Å². The minimum Gasteiger partial charge on any atom is -0.333 e. The summed E-state index contributed by atoms with van der Waals surface area (Å²) in [5.74, 6) is 1.98. The van der Waals surface area contributed by atoms with E-state index in [1.807, 2.05) is 16.4 Å². The summed E-state index contributed by atoms with van der Waals surface area (Å²) in [5.41, 5.74) is -0.0906. The largest absolute Gasteiger partial charge is 0.333 e. The molecule has 1 atom stereocenters. The van der Waals surface area contributed by atoms with Crippen molar-refractivity contribution in [2.24, 2.45) is 0 Å². The first-order valence-electron chi connectivity index (χ1n) is 6.59. The van der Waals surface area contributed by atoms with Crippen molar-refractivity contribution in [1.29, 1.82) is 0 Å². The number of carbonyl (C=O) groups excluding carboxylic acids is 1. The number of hydrogen-bond donors (Lipinski definition) is 0. The number of aromatic nitrogens is 3. The second kappa shape index (κ2) is 4.37. The fourth-order valence-corrected chi connectivity index (χ4v) is 2.43. The molecule has 2 heterocycles. The molecule has 1 aromatic rings. The third-order valence-electron chi connectivity index (χ3n) is 3.32. The van der Waals surface area contributed by atoms with Crippen LogP contribution in [0.2, 0.25) is 0 Å². The van der Waals surface area contributed by atoms with E-state index in [0.29, 0.717) is 6.54 Å². The first-order valence-corrected chi connectivity index (χ1v) is 6.59. The van der Waals surface area contributed by atoms with E-state index < -0.39 is 0 Å². The molecule has 0 aromatic carbocycles. The van der Waals surface area contributed by atoms with Gasteiger partial charge in [0.05, 0.1) is 6.54 Å². The van der Waals surface area contributed by atoms with Gasteiger partial charge in [0.15, 0.2) is 5.82 Å². The van der Waals surface area contributed by atoms with Gasteiger partial charge in [-0.3, -0.25) is 4.79 Å². The van der Waals surface area contributed by atoms with Crippen LogP contribution in [-0.2, 0) is 16.8 Å². The summed E-state index contributed by atoms with van der Waals surface area (Å²) >= 11 is 0. The number of amides is 1. The van der Waals surface area contributed by atoms with E-state index >= 15 is 0 Å². The monoisotopic (exact) mass is 250 g/mol. The van der Waals surface area contributed by atoms with Gasteiger partial charge in [0.25, 0.3) is 0 Å². The molecule has 5 heteroatoms. The number of carbonyl (C=O) groups is 1. The Balaban J connectivity index is 2.42. The Morgan fingerprint density at radius 2 is 2.00 bits per heavy atom. The van der Waals surface area contributed by atoms with Crippen LogP contribution in [0.4, 0.5) is 0 Å². The second-order valence-corrected chi connectivity index (χ2v) is 6.00. The zero-order valence-electron chi connectivity index (χ0n) is 11.9. The van der Waals surface area contributed by atoms with Gasteiger partial charge >= 0.3 is 0 Å². The molecular weight excluding hydrogens is 228 g/mol. The van der Waals surface area contributed by atoms with E-state index in [1.54, 1.807) is 0 Å². The molecule has 0 saturated heterocycles. The molecule has 1 aliphatic rings. The molecule has 0 fully saturated rings. The first kappa shape index (κ1) is 13.1. The summed E-state index contributed by atoms with van der Waals surface area (Å²) in [7, 11) is 0. The topological polar surface area (TPSA) is 51.0 Å². The molecule has 0 unspecified atom stereocenters. The smallest absolute Gasteiger partial charge is 0.245 e. The molecule has 0 radical (unpaired) electrons. The van der Waals surface area contributed by atoms with Gasteiger partial charge in [0, 0.05) is 12.0 Å². The summed E-state index contributed by atoms with van der Waals surface area (Å²) in [6.45, 7) is 11.7. The van der Waals surface area contributed by atoms with E-state index in [2.05, 4.69) is 37.9 Å². The summed E-state index contributed by atoms with van der Waals surface area (Å²) in [4.78, 5) is 14.2. The lowest BCUT2D eigenvalue weighted by atomic mass is 9.95. The maximum absolute atomic E-state index is 12.3. The molecule has 18 heavy (non-hydrogen) atoms. The summed E-state index contributed by atoms with van der Waals surface area (Å²) in [6.07, 6.45) is 0.971. The Morgan fingerprint density at radius 3 is 2.56 bits per heavy atom. The standard InChI is InChI=1S/C13H22N4O/c1-6-7-16-8-10-14-15-12(13(3,4)5)17(10)9(2)11(16)18/h9H,6-8H2,1-5H3/t9-/m0/s1. The lowest BCUT2D eigenvalue weighted by molar-refractivity contribution is -0.137. The Labute approximate surface area is 108 Å². The molecule has 5 nitrogen and oxygen atoms in total. The zero-order chi connectivity index (χ0) is 13.5. The highest BCUT2D eigenvalue weighted by Gasteiger charge is 2.35. The van der Waals surface area contributed by atoms with Crippen LogP contribution in [0.15, 0.2) is 0 Å². The number of rotatable bonds is 2. The zero-order valence-corrected chi connectivity index (χ0v) is 11.9. The Hall–Kier alpha value is -1.39. The molecule has 0 saturated carbocycles. The van der Waals surface area contributed by atoms with Crippen LogP contribution in [0.3, 0.4) is 0 Å². The molecule has 1 aromatic heterocycles. The Kier molecular flexibility index (Phi) is 3.17. The van der Waals surface area contributed by atoms with E-state index in [9.17, 15) is 4.79 Å². The maximum Gasteiger partial charge on any atom is 0.245 e. The SMILES string of the molecule is CCCN1Cc2nnc(C(C)(C)C)n2[C@@H](C)C1=O. The molecule has 0 spiro atoms. The quantitative estimate of drug-likeness (QED) is 0.805. The molecule has 0 aliphatic carbocycles. The number of nitrogens with zero attached hydrogens (tertiary/aromatic N) is 4. The molecule has 100 valence electrons. The van der Waals surface area contributed by atoms with E-state index in [1.165, 1.54) is 0 Å². The highest BCUT2D eigenvalue weighted by molar-refractivity contribution is 5.81. The average Bonchev–Trinajstić information content (AvgIpc) is 2.69. The van der Waals surface area contributed by atoms with E-state index in [-0.39, 0.29) is 17.4 Å². The Bertz CT molecular complexity index is 458. The number of hydrogen-bond acceptors (Lipinski definition) is 3. The minimum atomic E-state index is -0.190. The molecular formula is C13H22N4O. The first-order chi connectivity index (χ1) is 8.36.